The summed E-state index contributed by atoms with van der Waals surface area (Å²) in [5.74, 6) is -0.506. The average Bonchev–Trinajstić information content (AvgIpc) is 3.94. The number of alkyl halides is 2. The van der Waals surface area contributed by atoms with E-state index in [4.69, 9.17) is 27.9 Å². The van der Waals surface area contributed by atoms with Gasteiger partial charge in [0.25, 0.3) is 11.8 Å². The largest absolute Gasteiger partial charge is 0.507 e. The van der Waals surface area contributed by atoms with Gasteiger partial charge in [0, 0.05) is 111 Å². The summed E-state index contributed by atoms with van der Waals surface area (Å²) < 4.78 is 5.51. The number of amides is 6. The van der Waals surface area contributed by atoms with Gasteiger partial charge in [-0.1, -0.05) is 55.0 Å². The van der Waals surface area contributed by atoms with Crippen LogP contribution in [0.1, 0.15) is 74.3 Å². The zero-order valence-corrected chi connectivity index (χ0v) is 35.6. The fourth-order valence-corrected chi connectivity index (χ4v) is 9.17. The number of anilines is 3. The van der Waals surface area contributed by atoms with Crippen molar-refractivity contribution in [1.82, 2.24) is 9.80 Å². The molecule has 0 aromatic heterocycles. The van der Waals surface area contributed by atoms with E-state index < -0.39 is 6.09 Å². The third-order valence-electron chi connectivity index (χ3n) is 11.8. The van der Waals surface area contributed by atoms with E-state index in [1.165, 1.54) is 17.1 Å². The van der Waals surface area contributed by atoms with Crippen LogP contribution in [0.15, 0.2) is 72.8 Å². The molecule has 13 nitrogen and oxygen atoms in total. The molecule has 3 aliphatic heterocycles. The Hall–Kier alpha value is -5.66. The number of phenolic OH excluding ortho intramolecular Hbond substituents is 1. The van der Waals surface area contributed by atoms with Crippen LogP contribution in [0.2, 0.25) is 0 Å². The van der Waals surface area contributed by atoms with Crippen LogP contribution in [0.25, 0.3) is 21.5 Å². The molecule has 3 heterocycles. The number of unbranched alkanes of at least 4 members (excludes halogenated alkanes) is 2. The lowest BCUT2D eigenvalue weighted by atomic mass is 9.95. The average molecular weight is 871 g/mol. The molecule has 0 aliphatic carbocycles. The Kier molecular flexibility index (Phi) is 13.8. The highest BCUT2D eigenvalue weighted by Crippen LogP contribution is 2.47. The van der Waals surface area contributed by atoms with Gasteiger partial charge in [-0.15, -0.1) is 23.2 Å². The minimum atomic E-state index is -0.672. The molecule has 15 heteroatoms. The number of phenols is 1. The number of rotatable bonds is 17. The van der Waals surface area contributed by atoms with Gasteiger partial charge in [0.2, 0.25) is 17.7 Å². The van der Waals surface area contributed by atoms with E-state index >= 15 is 0 Å². The zero-order chi connectivity index (χ0) is 43.2. The molecule has 61 heavy (non-hydrogen) atoms. The smallest absolute Gasteiger partial charge is 0.411 e. The molecule has 0 unspecified atom stereocenters. The number of nitrogens with one attached hydrogen (secondary N) is 1. The van der Waals surface area contributed by atoms with Gasteiger partial charge in [-0.25, -0.2) is 4.79 Å². The van der Waals surface area contributed by atoms with Crippen LogP contribution >= 0.6 is 23.2 Å². The van der Waals surface area contributed by atoms with E-state index in [1.54, 1.807) is 33.9 Å². The zero-order valence-electron chi connectivity index (χ0n) is 34.0. The van der Waals surface area contributed by atoms with Crippen molar-refractivity contribution in [2.75, 3.05) is 66.7 Å². The van der Waals surface area contributed by atoms with Crippen molar-refractivity contribution in [2.24, 2.45) is 0 Å². The number of nitrogens with zero attached hydrogens (tertiary/aromatic N) is 4. The van der Waals surface area contributed by atoms with Crippen LogP contribution in [0.3, 0.4) is 0 Å². The molecule has 3 aliphatic rings. The molecule has 2 atom stereocenters. The van der Waals surface area contributed by atoms with Crippen LogP contribution in [0.4, 0.5) is 21.9 Å². The minimum absolute atomic E-state index is 0.0437. The molecule has 4 aromatic carbocycles. The summed E-state index contributed by atoms with van der Waals surface area (Å²) in [7, 11) is 1.70. The van der Waals surface area contributed by atoms with Gasteiger partial charge in [0.1, 0.15) is 5.75 Å². The lowest BCUT2D eigenvalue weighted by Crippen LogP contribution is -2.32. The lowest BCUT2D eigenvalue weighted by Gasteiger charge is -2.21. The molecule has 7 rings (SSSR count). The molecule has 6 amide bonds. The predicted molar refractivity (Wildman–Crippen MR) is 237 cm³/mol. The van der Waals surface area contributed by atoms with E-state index in [1.807, 2.05) is 48.5 Å². The number of aromatic hydroxyl groups is 1. The second kappa shape index (κ2) is 19.4. The molecule has 2 N–H and O–H groups in total. The number of carbonyl (C=O) groups excluding carboxylic acids is 6. The molecule has 0 fully saturated rings. The first kappa shape index (κ1) is 43.4. The van der Waals surface area contributed by atoms with Crippen molar-refractivity contribution in [2.45, 2.75) is 63.2 Å². The standard InChI is InChI=1S/C46H49Cl2N5O8/c1-50(39(55)15-3-2-8-21-51-42(58)18-19-43(51)59)20-10-22-61-46(60)49-35-23-36-44(33-13-6-4-11-31(33)35)29(25-47)27-52(36)40(56)16-9-17-41(57)53-28-30(26-48)45-34-14-7-5-12-32(34)38(54)24-37(45)53/h4-7,11-14,18-19,23-24,29-30,54H,2-3,8-10,15-17,20-22,25-28H2,1H3,(H,49,60)/t29-,30-/m1/s1. The van der Waals surface area contributed by atoms with E-state index in [2.05, 4.69) is 5.32 Å². The maximum absolute atomic E-state index is 13.9. The fraction of sp³-hybridized carbons (Fsp3) is 0.391. The van der Waals surface area contributed by atoms with Crippen molar-refractivity contribution < 1.29 is 38.6 Å². The topological polar surface area (TPSA) is 157 Å². The summed E-state index contributed by atoms with van der Waals surface area (Å²) in [5.41, 5.74) is 3.63. The normalized spacial score (nSPS) is 16.7. The van der Waals surface area contributed by atoms with E-state index in [-0.39, 0.29) is 72.4 Å². The summed E-state index contributed by atoms with van der Waals surface area (Å²) in [5, 5.41) is 16.9. The third kappa shape index (κ3) is 9.33. The second-order valence-electron chi connectivity index (χ2n) is 15.7. The first-order chi connectivity index (χ1) is 29.5. The van der Waals surface area contributed by atoms with Crippen LogP contribution in [0, 0.1) is 0 Å². The van der Waals surface area contributed by atoms with Gasteiger partial charge >= 0.3 is 6.09 Å². The lowest BCUT2D eigenvalue weighted by molar-refractivity contribution is -0.137. The molecule has 0 saturated carbocycles. The van der Waals surface area contributed by atoms with Crippen molar-refractivity contribution in [3.05, 3.63) is 83.9 Å². The summed E-state index contributed by atoms with van der Waals surface area (Å²) in [6, 6.07) is 18.5. The van der Waals surface area contributed by atoms with Crippen LogP contribution in [0.5, 0.6) is 5.75 Å². The van der Waals surface area contributed by atoms with Gasteiger partial charge in [-0.05, 0) is 53.6 Å². The minimum Gasteiger partial charge on any atom is -0.507 e. The first-order valence-corrected chi connectivity index (χ1v) is 21.8. The van der Waals surface area contributed by atoms with E-state index in [0.29, 0.717) is 93.0 Å². The Balaban J connectivity index is 0.921. The number of halogens is 2. The SMILES string of the molecule is CN(CCCOC(=O)Nc1cc2c(c3ccccc13)[C@H](CCl)CN2C(=O)CCCC(=O)N1C[C@@H](CCl)c2c1cc(O)c1ccccc21)C(=O)CCCCCN1C(=O)C=CC1=O. The third-order valence-corrected chi connectivity index (χ3v) is 12.5. The highest BCUT2D eigenvalue weighted by molar-refractivity contribution is 6.20. The van der Waals surface area contributed by atoms with Crippen molar-refractivity contribution in [3.8, 4) is 5.75 Å². The molecular weight excluding hydrogens is 821 g/mol. The molecule has 320 valence electrons. The van der Waals surface area contributed by atoms with Gasteiger partial charge in [0.15, 0.2) is 0 Å². The molecular formula is C46H49Cl2N5O8. The number of ether oxygens (including phenoxy) is 1. The number of fused-ring (bicyclic) bond motifs is 6. The summed E-state index contributed by atoms with van der Waals surface area (Å²) >= 11 is 12.9. The highest BCUT2D eigenvalue weighted by atomic mass is 35.5. The van der Waals surface area contributed by atoms with Gasteiger partial charge in [-0.2, -0.15) is 0 Å². The summed E-state index contributed by atoms with van der Waals surface area (Å²) in [6.45, 7) is 1.55. The number of hydrogen-bond acceptors (Lipinski definition) is 8. The van der Waals surface area contributed by atoms with Crippen molar-refractivity contribution in [3.63, 3.8) is 0 Å². The van der Waals surface area contributed by atoms with Crippen LogP contribution in [-0.2, 0) is 28.7 Å². The van der Waals surface area contributed by atoms with E-state index in [9.17, 15) is 33.9 Å². The fourth-order valence-electron chi connectivity index (χ4n) is 8.66. The Bertz CT molecular complexity index is 2390. The number of hydrogen-bond donors (Lipinski definition) is 2. The maximum Gasteiger partial charge on any atom is 0.411 e. The summed E-state index contributed by atoms with van der Waals surface area (Å²) in [4.78, 5) is 82.8. The molecule has 4 aromatic rings. The number of imide groups is 1. The van der Waals surface area contributed by atoms with Crippen molar-refractivity contribution >= 4 is 97.4 Å². The Morgan fingerprint density at radius 1 is 0.738 bits per heavy atom. The van der Waals surface area contributed by atoms with Gasteiger partial charge in [-0.3, -0.25) is 34.2 Å². The Morgan fingerprint density at radius 2 is 1.30 bits per heavy atom. The second-order valence-corrected chi connectivity index (χ2v) is 16.4. The molecule has 0 bridgehead atoms. The molecule has 0 spiro atoms. The first-order valence-electron chi connectivity index (χ1n) is 20.7. The van der Waals surface area contributed by atoms with Gasteiger partial charge < -0.3 is 24.5 Å². The van der Waals surface area contributed by atoms with E-state index in [0.717, 1.165) is 27.3 Å². The molecule has 0 saturated heterocycles. The highest BCUT2D eigenvalue weighted by Gasteiger charge is 2.36. The Labute approximate surface area is 364 Å². The molecule has 0 radical (unpaired) electrons. The van der Waals surface area contributed by atoms with Gasteiger partial charge in [0.05, 0.1) is 18.0 Å². The quantitative estimate of drug-likeness (QED) is 0.0619. The summed E-state index contributed by atoms with van der Waals surface area (Å²) in [6.07, 6.45) is 5.10. The van der Waals surface area contributed by atoms with Crippen LogP contribution in [-0.4, -0.2) is 102 Å². The number of carbonyl (C=O) groups is 6. The number of benzene rings is 4. The Morgan fingerprint density at radius 3 is 1.90 bits per heavy atom. The maximum atomic E-state index is 13.9. The van der Waals surface area contributed by atoms with Crippen molar-refractivity contribution in [1.29, 1.82) is 0 Å². The van der Waals surface area contributed by atoms with Crippen LogP contribution < -0.4 is 15.1 Å². The predicted octanol–water partition coefficient (Wildman–Crippen LogP) is 7.79. The monoisotopic (exact) mass is 869 g/mol.